The van der Waals surface area contributed by atoms with E-state index in [0.29, 0.717) is 0 Å². The van der Waals surface area contributed by atoms with Gasteiger partial charge in [0.25, 0.3) is 0 Å². The molecule has 0 rings (SSSR count). The monoisotopic (exact) mass is 323 g/mol. The van der Waals surface area contributed by atoms with Crippen LogP contribution in [0.4, 0.5) is 39.5 Å². The lowest BCUT2D eigenvalue weighted by molar-refractivity contribution is -0.406. The molecule has 4 N–H and O–H groups in total. The Morgan fingerprint density at radius 3 is 1.50 bits per heavy atom. The fraction of sp³-hybridized carbons (Fsp3) is 0.857. The van der Waals surface area contributed by atoms with Crippen molar-refractivity contribution in [1.29, 1.82) is 0 Å². The zero-order chi connectivity index (χ0) is 16.7. The predicted molar refractivity (Wildman–Crippen MR) is 42.5 cm³/mol. The Bertz CT molecular complexity index is 380. The molecule has 0 heterocycles. The summed E-state index contributed by atoms with van der Waals surface area (Å²) in [5, 5.41) is 16.6. The van der Waals surface area contributed by atoms with Crippen molar-refractivity contribution in [3.05, 3.63) is 0 Å². The number of carboxylic acid groups (broad SMARTS) is 1. The SMILES string of the molecule is N[C@H](C(=O)O)[C@H](O)C(F)(F)C(F)(F)C(F)(F)C(F)(F)F. The van der Waals surface area contributed by atoms with Crippen molar-refractivity contribution in [1.82, 2.24) is 0 Å². The van der Waals surface area contributed by atoms with E-state index in [-0.39, 0.29) is 0 Å². The summed E-state index contributed by atoms with van der Waals surface area (Å²) in [5.41, 5.74) is 4.31. The molecule has 0 aromatic heterocycles. The van der Waals surface area contributed by atoms with Gasteiger partial charge in [-0.3, -0.25) is 4.79 Å². The molecule has 0 aliphatic rings. The molecule has 0 unspecified atom stereocenters. The van der Waals surface area contributed by atoms with Crippen LogP contribution in [0, 0.1) is 0 Å². The summed E-state index contributed by atoms with van der Waals surface area (Å²) in [5.74, 6) is -23.3. The third-order valence-corrected chi connectivity index (χ3v) is 2.17. The fourth-order valence-corrected chi connectivity index (χ4v) is 0.934. The van der Waals surface area contributed by atoms with Crippen LogP contribution in [-0.2, 0) is 4.79 Å². The van der Waals surface area contributed by atoms with E-state index in [4.69, 9.17) is 10.2 Å². The molecule has 4 nitrogen and oxygen atoms in total. The number of carboxylic acids is 1. The van der Waals surface area contributed by atoms with Crippen LogP contribution >= 0.6 is 0 Å². The third kappa shape index (κ3) is 2.63. The van der Waals surface area contributed by atoms with E-state index in [1.807, 2.05) is 0 Å². The number of nitrogens with two attached hydrogens (primary N) is 1. The number of hydrogen-bond acceptors (Lipinski definition) is 3. The van der Waals surface area contributed by atoms with E-state index in [1.54, 1.807) is 0 Å². The van der Waals surface area contributed by atoms with Gasteiger partial charge in [0, 0.05) is 0 Å². The normalized spacial score (nSPS) is 17.8. The van der Waals surface area contributed by atoms with E-state index in [2.05, 4.69) is 5.73 Å². The van der Waals surface area contributed by atoms with Gasteiger partial charge in [-0.2, -0.15) is 39.5 Å². The maximum absolute atomic E-state index is 12.9. The summed E-state index contributed by atoms with van der Waals surface area (Å²) >= 11 is 0. The Labute approximate surface area is 104 Å². The van der Waals surface area contributed by atoms with Crippen LogP contribution in [0.3, 0.4) is 0 Å². The first-order chi connectivity index (χ1) is 8.51. The van der Waals surface area contributed by atoms with Crippen molar-refractivity contribution in [2.24, 2.45) is 5.73 Å². The first-order valence-corrected chi connectivity index (χ1v) is 4.38. The van der Waals surface area contributed by atoms with Gasteiger partial charge in [0.05, 0.1) is 0 Å². The molecular weight excluding hydrogens is 317 g/mol. The standard InChI is InChI=1S/C7H6F9NO3/c8-4(9,2(18)1(17)3(19)20)5(10,11)6(12,13)7(14,15)16/h1-2,18H,17H2,(H,19,20)/t1-,2-/m0/s1. The average Bonchev–Trinajstić information content (AvgIpc) is 2.24. The van der Waals surface area contributed by atoms with Gasteiger partial charge < -0.3 is 15.9 Å². The maximum atomic E-state index is 12.9. The molecule has 0 radical (unpaired) electrons. The third-order valence-electron chi connectivity index (χ3n) is 2.17. The molecule has 0 bridgehead atoms. The number of alkyl halides is 9. The van der Waals surface area contributed by atoms with Crippen molar-refractivity contribution in [2.75, 3.05) is 0 Å². The van der Waals surface area contributed by atoms with E-state index < -0.39 is 42.1 Å². The molecule has 120 valence electrons. The highest BCUT2D eigenvalue weighted by molar-refractivity contribution is 5.74. The van der Waals surface area contributed by atoms with Gasteiger partial charge >= 0.3 is 29.9 Å². The minimum Gasteiger partial charge on any atom is -0.480 e. The second-order valence-corrected chi connectivity index (χ2v) is 3.58. The number of halogens is 9. The predicted octanol–water partition coefficient (Wildman–Crippen LogP) is 1.23. The smallest absolute Gasteiger partial charge is 0.460 e. The molecule has 0 aliphatic carbocycles. The molecule has 0 aliphatic heterocycles. The van der Waals surface area contributed by atoms with E-state index in [0.717, 1.165) is 0 Å². The highest BCUT2D eigenvalue weighted by atomic mass is 19.4. The average molecular weight is 323 g/mol. The van der Waals surface area contributed by atoms with Crippen molar-refractivity contribution < 1.29 is 54.5 Å². The van der Waals surface area contributed by atoms with Gasteiger partial charge in [-0.15, -0.1) is 0 Å². The first-order valence-electron chi connectivity index (χ1n) is 4.38. The number of aliphatic carboxylic acids is 1. The van der Waals surface area contributed by atoms with Crippen LogP contribution in [0.1, 0.15) is 0 Å². The van der Waals surface area contributed by atoms with Gasteiger partial charge in [0.15, 0.2) is 0 Å². The van der Waals surface area contributed by atoms with Gasteiger partial charge in [0.2, 0.25) is 0 Å². The van der Waals surface area contributed by atoms with Crippen LogP contribution in [0.25, 0.3) is 0 Å². The van der Waals surface area contributed by atoms with Gasteiger partial charge in [-0.1, -0.05) is 0 Å². The summed E-state index contributed by atoms with van der Waals surface area (Å²) in [6.07, 6.45) is -11.2. The van der Waals surface area contributed by atoms with Gasteiger partial charge in [-0.25, -0.2) is 0 Å². The lowest BCUT2D eigenvalue weighted by Crippen LogP contribution is -2.67. The van der Waals surface area contributed by atoms with Crippen molar-refractivity contribution >= 4 is 5.97 Å². The highest BCUT2D eigenvalue weighted by Gasteiger charge is 2.83. The zero-order valence-corrected chi connectivity index (χ0v) is 8.94. The summed E-state index contributed by atoms with van der Waals surface area (Å²) in [6.45, 7) is 0. The second-order valence-electron chi connectivity index (χ2n) is 3.58. The summed E-state index contributed by atoms with van der Waals surface area (Å²) in [6, 6.07) is -3.21. The summed E-state index contributed by atoms with van der Waals surface area (Å²) in [4.78, 5) is 10.1. The number of aliphatic hydroxyl groups excluding tert-OH is 1. The highest BCUT2D eigenvalue weighted by Crippen LogP contribution is 2.54. The molecule has 20 heavy (non-hydrogen) atoms. The molecule has 2 atom stereocenters. The number of rotatable bonds is 5. The molecule has 0 amide bonds. The number of aliphatic hydroxyl groups is 1. The summed E-state index contributed by atoms with van der Waals surface area (Å²) < 4.78 is 111. The van der Waals surface area contributed by atoms with Crippen LogP contribution in [0.5, 0.6) is 0 Å². The van der Waals surface area contributed by atoms with Crippen LogP contribution in [0.15, 0.2) is 0 Å². The maximum Gasteiger partial charge on any atom is 0.460 e. The van der Waals surface area contributed by atoms with E-state index in [1.165, 1.54) is 0 Å². The first kappa shape index (κ1) is 18.8. The molecule has 0 spiro atoms. The van der Waals surface area contributed by atoms with E-state index >= 15 is 0 Å². The Kier molecular flexibility index (Phi) is 4.64. The second kappa shape index (κ2) is 4.95. The van der Waals surface area contributed by atoms with Gasteiger partial charge in [-0.05, 0) is 0 Å². The summed E-state index contributed by atoms with van der Waals surface area (Å²) in [7, 11) is 0. The lowest BCUT2D eigenvalue weighted by atomic mass is 9.95. The number of hydrogen-bond donors (Lipinski definition) is 3. The van der Waals surface area contributed by atoms with E-state index in [9.17, 15) is 44.3 Å². The fourth-order valence-electron chi connectivity index (χ4n) is 0.934. The molecule has 13 heteroatoms. The lowest BCUT2D eigenvalue weighted by Gasteiger charge is -2.36. The molecule has 0 saturated heterocycles. The number of carbonyl (C=O) groups is 1. The zero-order valence-electron chi connectivity index (χ0n) is 8.94. The van der Waals surface area contributed by atoms with Gasteiger partial charge in [0.1, 0.15) is 12.1 Å². The Hall–Kier alpha value is -1.24. The molecule has 0 aromatic carbocycles. The van der Waals surface area contributed by atoms with Crippen LogP contribution in [-0.4, -0.2) is 52.3 Å². The Morgan fingerprint density at radius 2 is 1.25 bits per heavy atom. The largest absolute Gasteiger partial charge is 0.480 e. The molecular formula is C7H6F9NO3. The Balaban J connectivity index is 5.75. The molecule has 0 aromatic rings. The Morgan fingerprint density at radius 1 is 0.900 bits per heavy atom. The van der Waals surface area contributed by atoms with Crippen molar-refractivity contribution in [2.45, 2.75) is 36.1 Å². The minimum atomic E-state index is -7.22. The topological polar surface area (TPSA) is 83.6 Å². The molecule has 0 saturated carbocycles. The minimum absolute atomic E-state index is 2.51. The molecule has 0 fully saturated rings. The van der Waals surface area contributed by atoms with Crippen molar-refractivity contribution in [3.63, 3.8) is 0 Å². The van der Waals surface area contributed by atoms with Crippen LogP contribution < -0.4 is 5.73 Å². The van der Waals surface area contributed by atoms with Crippen LogP contribution in [0.2, 0.25) is 0 Å². The van der Waals surface area contributed by atoms with Crippen molar-refractivity contribution in [3.8, 4) is 0 Å². The quantitative estimate of drug-likeness (QED) is 0.665.